The fourth-order valence-corrected chi connectivity index (χ4v) is 2.48. The van der Waals surface area contributed by atoms with Crippen LogP contribution in [0.5, 0.6) is 0 Å². The zero-order chi connectivity index (χ0) is 15.9. The first-order valence-corrected chi connectivity index (χ1v) is 7.64. The van der Waals surface area contributed by atoms with Gasteiger partial charge in [0.2, 0.25) is 0 Å². The van der Waals surface area contributed by atoms with Crippen LogP contribution in [0.4, 0.5) is 0 Å². The third-order valence-corrected chi connectivity index (χ3v) is 3.58. The van der Waals surface area contributed by atoms with Crippen LogP contribution in [-0.2, 0) is 11.3 Å². The second kappa shape index (κ2) is 7.92. The molecule has 0 spiro atoms. The van der Waals surface area contributed by atoms with Crippen LogP contribution >= 0.6 is 0 Å². The number of methoxy groups -OCH3 is 1. The highest BCUT2D eigenvalue weighted by Crippen LogP contribution is 2.21. The van der Waals surface area contributed by atoms with Gasteiger partial charge in [0, 0.05) is 31.8 Å². The van der Waals surface area contributed by atoms with E-state index in [0.29, 0.717) is 13.2 Å². The first-order valence-electron chi connectivity index (χ1n) is 7.64. The average Bonchev–Trinajstić information content (AvgIpc) is 2.53. The van der Waals surface area contributed by atoms with E-state index in [-0.39, 0.29) is 11.6 Å². The lowest BCUT2D eigenvalue weighted by Crippen LogP contribution is -2.30. The summed E-state index contributed by atoms with van der Waals surface area (Å²) in [5.74, 6) is 0. The molecule has 0 saturated carbocycles. The largest absolute Gasteiger partial charge is 0.383 e. The van der Waals surface area contributed by atoms with Crippen molar-refractivity contribution in [3.05, 3.63) is 58.4 Å². The number of aromatic nitrogens is 1. The minimum absolute atomic E-state index is 0.0706. The second-order valence-corrected chi connectivity index (χ2v) is 5.55. The average molecular weight is 300 g/mol. The van der Waals surface area contributed by atoms with Gasteiger partial charge in [0.05, 0.1) is 12.3 Å². The third kappa shape index (κ3) is 3.84. The molecule has 0 aliphatic rings. The summed E-state index contributed by atoms with van der Waals surface area (Å²) in [6, 6.07) is 14.1. The molecule has 22 heavy (non-hydrogen) atoms. The number of rotatable bonds is 7. The Kier molecular flexibility index (Phi) is 5.92. The Morgan fingerprint density at radius 1 is 1.14 bits per heavy atom. The molecule has 2 aromatic rings. The van der Waals surface area contributed by atoms with Gasteiger partial charge >= 0.3 is 0 Å². The fourth-order valence-electron chi connectivity index (χ4n) is 2.48. The van der Waals surface area contributed by atoms with E-state index in [2.05, 4.69) is 5.32 Å². The molecular weight excluding hydrogens is 276 g/mol. The number of hydrogen-bond acceptors (Lipinski definition) is 3. The molecule has 0 bridgehead atoms. The predicted octanol–water partition coefficient (Wildman–Crippen LogP) is 2.83. The van der Waals surface area contributed by atoms with E-state index in [4.69, 9.17) is 4.74 Å². The molecule has 0 aliphatic carbocycles. The highest BCUT2D eigenvalue weighted by Gasteiger charge is 2.12. The lowest BCUT2D eigenvalue weighted by Gasteiger charge is -2.18. The molecular formula is C18H24N2O2. The van der Waals surface area contributed by atoms with Crippen molar-refractivity contribution in [2.45, 2.75) is 26.4 Å². The van der Waals surface area contributed by atoms with Crippen molar-refractivity contribution in [2.24, 2.45) is 0 Å². The lowest BCUT2D eigenvalue weighted by atomic mass is 10.1. The van der Waals surface area contributed by atoms with Crippen molar-refractivity contribution < 1.29 is 4.74 Å². The molecule has 118 valence electrons. The summed E-state index contributed by atoms with van der Waals surface area (Å²) in [6.07, 6.45) is 0. The molecule has 4 nitrogen and oxygen atoms in total. The Labute approximate surface area is 131 Å². The van der Waals surface area contributed by atoms with Crippen LogP contribution in [0.3, 0.4) is 0 Å². The van der Waals surface area contributed by atoms with Crippen molar-refractivity contribution in [2.75, 3.05) is 20.3 Å². The van der Waals surface area contributed by atoms with E-state index in [0.717, 1.165) is 23.4 Å². The van der Waals surface area contributed by atoms with E-state index < -0.39 is 0 Å². The number of benzene rings is 1. The van der Waals surface area contributed by atoms with E-state index >= 15 is 0 Å². The Bertz CT molecular complexity index is 648. The van der Waals surface area contributed by atoms with Gasteiger partial charge in [-0.1, -0.05) is 36.4 Å². The number of nitrogens with one attached hydrogen (secondary N) is 1. The zero-order valence-corrected chi connectivity index (χ0v) is 13.5. The molecule has 0 aliphatic heterocycles. The summed E-state index contributed by atoms with van der Waals surface area (Å²) in [5.41, 5.74) is 2.87. The summed E-state index contributed by atoms with van der Waals surface area (Å²) in [4.78, 5) is 12.8. The van der Waals surface area contributed by atoms with Crippen molar-refractivity contribution in [3.63, 3.8) is 0 Å². The maximum Gasteiger partial charge on any atom is 0.255 e. The van der Waals surface area contributed by atoms with E-state index in [1.165, 1.54) is 0 Å². The van der Waals surface area contributed by atoms with Crippen LogP contribution in [0.15, 0.2) is 47.3 Å². The molecule has 0 saturated heterocycles. The maximum absolute atomic E-state index is 12.8. The normalized spacial score (nSPS) is 11.1. The minimum Gasteiger partial charge on any atom is -0.383 e. The van der Waals surface area contributed by atoms with Gasteiger partial charge in [-0.05, 0) is 25.5 Å². The second-order valence-electron chi connectivity index (χ2n) is 5.55. The Hall–Kier alpha value is -1.91. The van der Waals surface area contributed by atoms with Crippen LogP contribution in [0.2, 0.25) is 0 Å². The molecule has 1 aromatic carbocycles. The maximum atomic E-state index is 12.8. The Morgan fingerprint density at radius 2 is 1.86 bits per heavy atom. The molecule has 1 N–H and O–H groups in total. The van der Waals surface area contributed by atoms with Gasteiger partial charge in [0.25, 0.3) is 5.56 Å². The van der Waals surface area contributed by atoms with Crippen molar-refractivity contribution in [1.29, 1.82) is 0 Å². The fraction of sp³-hybridized carbons (Fsp3) is 0.389. The quantitative estimate of drug-likeness (QED) is 0.800. The summed E-state index contributed by atoms with van der Waals surface area (Å²) in [6.45, 7) is 6.01. The minimum atomic E-state index is 0.0706. The number of nitrogens with zero attached hydrogens (tertiary/aromatic N) is 1. The van der Waals surface area contributed by atoms with Crippen molar-refractivity contribution in [3.8, 4) is 11.3 Å². The highest BCUT2D eigenvalue weighted by molar-refractivity contribution is 5.59. The number of pyridine rings is 1. The molecule has 0 radical (unpaired) electrons. The van der Waals surface area contributed by atoms with E-state index in [9.17, 15) is 4.79 Å². The van der Waals surface area contributed by atoms with Gasteiger partial charge in [-0.15, -0.1) is 0 Å². The van der Waals surface area contributed by atoms with Crippen molar-refractivity contribution >= 4 is 0 Å². The molecule has 0 unspecified atom stereocenters. The molecule has 0 amide bonds. The first-order chi connectivity index (χ1) is 10.6. The summed E-state index contributed by atoms with van der Waals surface area (Å²) in [5, 5.41) is 3.23. The summed E-state index contributed by atoms with van der Waals surface area (Å²) in [7, 11) is 1.67. The Morgan fingerprint density at radius 3 is 2.50 bits per heavy atom. The van der Waals surface area contributed by atoms with Crippen LogP contribution < -0.4 is 10.9 Å². The Balaban J connectivity index is 2.34. The number of ether oxygens (including phenoxy) is 1. The standard InChI is InChI=1S/C18H24N2O2/c1-14(2)20-17(15-7-5-4-6-8-15)10-9-16(18(20)21)13-19-11-12-22-3/h4-10,14,19H,11-13H2,1-3H3. The predicted molar refractivity (Wildman–Crippen MR) is 90.1 cm³/mol. The van der Waals surface area contributed by atoms with Crippen LogP contribution in [0.25, 0.3) is 11.3 Å². The molecule has 0 fully saturated rings. The third-order valence-electron chi connectivity index (χ3n) is 3.58. The van der Waals surface area contributed by atoms with Crippen molar-refractivity contribution in [1.82, 2.24) is 9.88 Å². The molecule has 0 atom stereocenters. The topological polar surface area (TPSA) is 43.3 Å². The first kappa shape index (κ1) is 16.5. The molecule has 2 rings (SSSR count). The van der Waals surface area contributed by atoms with Gasteiger partial charge < -0.3 is 14.6 Å². The summed E-state index contributed by atoms with van der Waals surface area (Å²) >= 11 is 0. The molecule has 4 heteroatoms. The van der Waals surface area contributed by atoms with E-state index in [1.54, 1.807) is 7.11 Å². The van der Waals surface area contributed by atoms with Gasteiger partial charge in [0.1, 0.15) is 0 Å². The van der Waals surface area contributed by atoms with Crippen LogP contribution in [-0.4, -0.2) is 24.8 Å². The SMILES string of the molecule is COCCNCc1ccc(-c2ccccc2)n(C(C)C)c1=O. The van der Waals surface area contributed by atoms with Crippen LogP contribution in [0.1, 0.15) is 25.5 Å². The molecule has 1 aromatic heterocycles. The number of hydrogen-bond donors (Lipinski definition) is 1. The van der Waals surface area contributed by atoms with Gasteiger partial charge in [-0.25, -0.2) is 0 Å². The summed E-state index contributed by atoms with van der Waals surface area (Å²) < 4.78 is 6.87. The van der Waals surface area contributed by atoms with Crippen LogP contribution in [0, 0.1) is 0 Å². The zero-order valence-electron chi connectivity index (χ0n) is 13.5. The monoisotopic (exact) mass is 300 g/mol. The lowest BCUT2D eigenvalue weighted by molar-refractivity contribution is 0.199. The smallest absolute Gasteiger partial charge is 0.255 e. The van der Waals surface area contributed by atoms with Gasteiger partial charge in [-0.3, -0.25) is 4.79 Å². The van der Waals surface area contributed by atoms with Gasteiger partial charge in [0.15, 0.2) is 0 Å². The highest BCUT2D eigenvalue weighted by atomic mass is 16.5. The molecule has 1 heterocycles. The van der Waals surface area contributed by atoms with E-state index in [1.807, 2.05) is 60.9 Å². The van der Waals surface area contributed by atoms with Gasteiger partial charge in [-0.2, -0.15) is 0 Å².